The molecule has 1 nitrogen and oxygen atoms in total. The molecule has 0 aliphatic rings. The van der Waals surface area contributed by atoms with E-state index in [1.807, 2.05) is 0 Å². The molecule has 0 bridgehead atoms. The van der Waals surface area contributed by atoms with Crippen LogP contribution in [0.4, 0.5) is 0 Å². The summed E-state index contributed by atoms with van der Waals surface area (Å²) in [6, 6.07) is 4.60. The molecule has 1 aromatic carbocycles. The van der Waals surface area contributed by atoms with E-state index in [9.17, 15) is 0 Å². The average molecular weight is 259 g/mol. The molecule has 0 heterocycles. The SMILES string of the molecule is CCC(=Cc1cc(C)c(C)cc1C)CNCC(C)C. The van der Waals surface area contributed by atoms with E-state index in [0.29, 0.717) is 5.92 Å². The Kier molecular flexibility index (Phi) is 6.30. The van der Waals surface area contributed by atoms with Crippen LogP contribution >= 0.6 is 0 Å². The van der Waals surface area contributed by atoms with Crippen LogP contribution in [-0.2, 0) is 0 Å². The summed E-state index contributed by atoms with van der Waals surface area (Å²) in [6.07, 6.45) is 3.46. The second-order valence-corrected chi connectivity index (χ2v) is 5.97. The zero-order valence-corrected chi connectivity index (χ0v) is 13.4. The molecule has 1 heteroatoms. The average Bonchev–Trinajstić information content (AvgIpc) is 2.33. The van der Waals surface area contributed by atoms with Gasteiger partial charge in [-0.2, -0.15) is 0 Å². The molecular formula is C18H29N. The van der Waals surface area contributed by atoms with Crippen molar-refractivity contribution >= 4 is 6.08 Å². The summed E-state index contributed by atoms with van der Waals surface area (Å²) < 4.78 is 0. The monoisotopic (exact) mass is 259 g/mol. The normalized spacial score (nSPS) is 12.3. The summed E-state index contributed by atoms with van der Waals surface area (Å²) in [5.41, 5.74) is 6.98. The Morgan fingerprint density at radius 2 is 1.74 bits per heavy atom. The minimum atomic E-state index is 0.710. The molecule has 106 valence electrons. The van der Waals surface area contributed by atoms with Crippen molar-refractivity contribution in [2.45, 2.75) is 48.0 Å². The van der Waals surface area contributed by atoms with E-state index in [2.05, 4.69) is 65.1 Å². The third-order valence-corrected chi connectivity index (χ3v) is 3.60. The van der Waals surface area contributed by atoms with E-state index >= 15 is 0 Å². The van der Waals surface area contributed by atoms with Crippen LogP contribution in [0.3, 0.4) is 0 Å². The molecule has 0 saturated heterocycles. The smallest absolute Gasteiger partial charge is 0.0167 e. The van der Waals surface area contributed by atoms with Crippen molar-refractivity contribution in [2.24, 2.45) is 5.92 Å². The van der Waals surface area contributed by atoms with Gasteiger partial charge < -0.3 is 5.32 Å². The predicted molar refractivity (Wildman–Crippen MR) is 86.6 cm³/mol. The van der Waals surface area contributed by atoms with Gasteiger partial charge in [0.2, 0.25) is 0 Å². The lowest BCUT2D eigenvalue weighted by Crippen LogP contribution is -2.21. The molecule has 0 aliphatic heterocycles. The quantitative estimate of drug-likeness (QED) is 0.784. The first-order valence-electron chi connectivity index (χ1n) is 7.42. The van der Waals surface area contributed by atoms with Crippen LogP contribution in [-0.4, -0.2) is 13.1 Å². The van der Waals surface area contributed by atoms with E-state index in [4.69, 9.17) is 0 Å². The highest BCUT2D eigenvalue weighted by Crippen LogP contribution is 2.18. The molecule has 1 rings (SSSR count). The molecule has 19 heavy (non-hydrogen) atoms. The summed E-state index contributed by atoms with van der Waals surface area (Å²) in [6.45, 7) is 15.4. The third-order valence-electron chi connectivity index (χ3n) is 3.60. The highest BCUT2D eigenvalue weighted by atomic mass is 14.9. The van der Waals surface area contributed by atoms with E-state index < -0.39 is 0 Å². The number of benzene rings is 1. The van der Waals surface area contributed by atoms with E-state index in [-0.39, 0.29) is 0 Å². The zero-order valence-electron chi connectivity index (χ0n) is 13.4. The maximum absolute atomic E-state index is 3.53. The summed E-state index contributed by atoms with van der Waals surface area (Å²) in [7, 11) is 0. The Hall–Kier alpha value is -1.08. The summed E-state index contributed by atoms with van der Waals surface area (Å²) in [5.74, 6) is 0.710. The van der Waals surface area contributed by atoms with Gasteiger partial charge in [-0.25, -0.2) is 0 Å². The second kappa shape index (κ2) is 7.49. The Balaban J connectivity index is 2.82. The van der Waals surface area contributed by atoms with E-state index in [1.165, 1.54) is 27.8 Å². The van der Waals surface area contributed by atoms with Crippen molar-refractivity contribution in [1.82, 2.24) is 5.32 Å². The molecule has 1 aromatic rings. The van der Waals surface area contributed by atoms with Crippen LogP contribution < -0.4 is 5.32 Å². The van der Waals surface area contributed by atoms with Crippen molar-refractivity contribution in [2.75, 3.05) is 13.1 Å². The van der Waals surface area contributed by atoms with Crippen molar-refractivity contribution < 1.29 is 0 Å². The van der Waals surface area contributed by atoms with Gasteiger partial charge in [-0.1, -0.05) is 44.6 Å². The highest BCUT2D eigenvalue weighted by molar-refractivity contribution is 5.58. The largest absolute Gasteiger partial charge is 0.313 e. The minimum absolute atomic E-state index is 0.710. The second-order valence-electron chi connectivity index (χ2n) is 5.97. The first-order chi connectivity index (χ1) is 8.93. The molecule has 0 fully saturated rings. The van der Waals surface area contributed by atoms with Gasteiger partial charge in [-0.15, -0.1) is 0 Å². The number of aryl methyl sites for hydroxylation is 3. The number of hydrogen-bond acceptors (Lipinski definition) is 1. The number of hydrogen-bond donors (Lipinski definition) is 1. The van der Waals surface area contributed by atoms with Gasteiger partial charge in [0.05, 0.1) is 0 Å². The highest BCUT2D eigenvalue weighted by Gasteiger charge is 2.02. The lowest BCUT2D eigenvalue weighted by Gasteiger charge is -2.11. The molecule has 1 N–H and O–H groups in total. The molecule has 0 saturated carbocycles. The molecule has 0 aromatic heterocycles. The molecule has 0 unspecified atom stereocenters. The zero-order chi connectivity index (χ0) is 14.4. The molecular weight excluding hydrogens is 230 g/mol. The fraction of sp³-hybridized carbons (Fsp3) is 0.556. The van der Waals surface area contributed by atoms with Crippen LogP contribution in [0.1, 0.15) is 49.4 Å². The van der Waals surface area contributed by atoms with Gasteiger partial charge in [0, 0.05) is 6.54 Å². The summed E-state index contributed by atoms with van der Waals surface area (Å²) in [5, 5.41) is 3.53. The van der Waals surface area contributed by atoms with Crippen LogP contribution in [0.15, 0.2) is 17.7 Å². The standard InChI is InChI=1S/C18H29N/c1-7-17(12-19-11-13(2)3)10-18-9-15(5)14(4)8-16(18)6/h8-10,13,19H,7,11-12H2,1-6H3. The van der Waals surface area contributed by atoms with Crippen LogP contribution in [0, 0.1) is 26.7 Å². The van der Waals surface area contributed by atoms with Crippen molar-refractivity contribution in [3.05, 3.63) is 40.0 Å². The Morgan fingerprint density at radius 3 is 2.32 bits per heavy atom. The molecule has 0 radical (unpaired) electrons. The Labute approximate surface area is 119 Å². The molecule has 0 spiro atoms. The van der Waals surface area contributed by atoms with E-state index in [1.54, 1.807) is 0 Å². The van der Waals surface area contributed by atoms with Crippen molar-refractivity contribution in [1.29, 1.82) is 0 Å². The fourth-order valence-corrected chi connectivity index (χ4v) is 2.16. The van der Waals surface area contributed by atoms with Gasteiger partial charge in [0.1, 0.15) is 0 Å². The third kappa shape index (κ3) is 5.20. The molecule has 0 atom stereocenters. The van der Waals surface area contributed by atoms with Crippen molar-refractivity contribution in [3.8, 4) is 0 Å². The topological polar surface area (TPSA) is 12.0 Å². The predicted octanol–water partition coefficient (Wildman–Crippen LogP) is 4.65. The van der Waals surface area contributed by atoms with E-state index in [0.717, 1.165) is 19.5 Å². The van der Waals surface area contributed by atoms with Gasteiger partial charge >= 0.3 is 0 Å². The summed E-state index contributed by atoms with van der Waals surface area (Å²) in [4.78, 5) is 0. The van der Waals surface area contributed by atoms with Crippen LogP contribution in [0.25, 0.3) is 6.08 Å². The lowest BCUT2D eigenvalue weighted by molar-refractivity contribution is 0.569. The number of rotatable bonds is 6. The fourth-order valence-electron chi connectivity index (χ4n) is 2.16. The Bertz CT molecular complexity index is 441. The van der Waals surface area contributed by atoms with Crippen molar-refractivity contribution in [3.63, 3.8) is 0 Å². The first kappa shape index (κ1) is 16.0. The Morgan fingerprint density at radius 1 is 1.11 bits per heavy atom. The van der Waals surface area contributed by atoms with Gasteiger partial charge in [-0.05, 0) is 61.9 Å². The minimum Gasteiger partial charge on any atom is -0.313 e. The van der Waals surface area contributed by atoms with Gasteiger partial charge in [0.25, 0.3) is 0 Å². The summed E-state index contributed by atoms with van der Waals surface area (Å²) >= 11 is 0. The lowest BCUT2D eigenvalue weighted by atomic mass is 9.98. The van der Waals surface area contributed by atoms with Crippen LogP contribution in [0.5, 0.6) is 0 Å². The molecule has 0 amide bonds. The molecule has 0 aliphatic carbocycles. The van der Waals surface area contributed by atoms with Crippen LogP contribution in [0.2, 0.25) is 0 Å². The van der Waals surface area contributed by atoms with Gasteiger partial charge in [0.15, 0.2) is 0 Å². The number of nitrogens with one attached hydrogen (secondary N) is 1. The van der Waals surface area contributed by atoms with Gasteiger partial charge in [-0.3, -0.25) is 0 Å². The first-order valence-corrected chi connectivity index (χ1v) is 7.42. The maximum atomic E-state index is 3.53. The maximum Gasteiger partial charge on any atom is 0.0167 e.